The highest BCUT2D eigenvalue weighted by Gasteiger charge is 2.22. The van der Waals surface area contributed by atoms with Crippen LogP contribution in [-0.4, -0.2) is 31.4 Å². The lowest BCUT2D eigenvalue weighted by atomic mass is 10.1. The average Bonchev–Trinajstić information content (AvgIpc) is 3.00. The number of nitrogens with one attached hydrogen (secondary N) is 1. The Bertz CT molecular complexity index is 924. The van der Waals surface area contributed by atoms with E-state index in [2.05, 4.69) is 35.8 Å². The number of fused-ring (bicyclic) bond motifs is 1. The molecule has 6 nitrogen and oxygen atoms in total. The SMILES string of the molecule is O=c1[nH]c(-c2ccncc2)nc2c1CCN(Cc1nc(Br)cs1)C2. The Kier molecular flexibility index (Phi) is 4.26. The third-order valence-corrected chi connectivity index (χ3v) is 5.53. The first-order valence-electron chi connectivity index (χ1n) is 7.54. The second-order valence-electron chi connectivity index (χ2n) is 5.60. The van der Waals surface area contributed by atoms with Crippen molar-refractivity contribution >= 4 is 27.3 Å². The van der Waals surface area contributed by atoms with Gasteiger partial charge in [-0.25, -0.2) is 9.97 Å². The summed E-state index contributed by atoms with van der Waals surface area (Å²) in [6.45, 7) is 2.27. The predicted molar refractivity (Wildman–Crippen MR) is 95.7 cm³/mol. The first-order valence-corrected chi connectivity index (χ1v) is 9.21. The maximum Gasteiger partial charge on any atom is 0.254 e. The van der Waals surface area contributed by atoms with E-state index in [9.17, 15) is 4.79 Å². The van der Waals surface area contributed by atoms with Gasteiger partial charge in [-0.05, 0) is 34.5 Å². The molecule has 0 bridgehead atoms. The van der Waals surface area contributed by atoms with Gasteiger partial charge in [0.2, 0.25) is 0 Å². The zero-order valence-corrected chi connectivity index (χ0v) is 15.1. The van der Waals surface area contributed by atoms with E-state index in [1.54, 1.807) is 23.7 Å². The van der Waals surface area contributed by atoms with Crippen molar-refractivity contribution in [3.63, 3.8) is 0 Å². The lowest BCUT2D eigenvalue weighted by Gasteiger charge is -2.26. The number of pyridine rings is 1. The first kappa shape index (κ1) is 15.6. The van der Waals surface area contributed by atoms with E-state index < -0.39 is 0 Å². The Hall–Kier alpha value is -1.90. The van der Waals surface area contributed by atoms with Crippen LogP contribution in [0.15, 0.2) is 39.3 Å². The summed E-state index contributed by atoms with van der Waals surface area (Å²) in [5.74, 6) is 0.597. The molecule has 3 aromatic rings. The summed E-state index contributed by atoms with van der Waals surface area (Å²) < 4.78 is 0.870. The van der Waals surface area contributed by atoms with Crippen molar-refractivity contribution in [2.45, 2.75) is 19.5 Å². The van der Waals surface area contributed by atoms with Crippen molar-refractivity contribution in [2.24, 2.45) is 0 Å². The summed E-state index contributed by atoms with van der Waals surface area (Å²) in [4.78, 5) is 30.7. The Labute approximate surface area is 150 Å². The highest BCUT2D eigenvalue weighted by atomic mass is 79.9. The van der Waals surface area contributed by atoms with Gasteiger partial charge in [-0.15, -0.1) is 11.3 Å². The Morgan fingerprint density at radius 3 is 2.88 bits per heavy atom. The summed E-state index contributed by atoms with van der Waals surface area (Å²) >= 11 is 5.02. The number of halogens is 1. The molecule has 0 aromatic carbocycles. The molecule has 0 radical (unpaired) electrons. The Morgan fingerprint density at radius 1 is 1.29 bits per heavy atom. The quantitative estimate of drug-likeness (QED) is 0.727. The average molecular weight is 404 g/mol. The van der Waals surface area contributed by atoms with E-state index in [-0.39, 0.29) is 5.56 Å². The topological polar surface area (TPSA) is 74.8 Å². The van der Waals surface area contributed by atoms with Crippen LogP contribution in [0.25, 0.3) is 11.4 Å². The molecule has 0 unspecified atom stereocenters. The van der Waals surface area contributed by atoms with E-state index in [1.807, 2.05) is 17.5 Å². The van der Waals surface area contributed by atoms with Crippen LogP contribution >= 0.6 is 27.3 Å². The fourth-order valence-electron chi connectivity index (χ4n) is 2.83. The number of hydrogen-bond donors (Lipinski definition) is 1. The molecule has 0 saturated heterocycles. The molecular formula is C16H14BrN5OS. The molecule has 0 atom stereocenters. The van der Waals surface area contributed by atoms with Crippen molar-refractivity contribution in [3.8, 4) is 11.4 Å². The summed E-state index contributed by atoms with van der Waals surface area (Å²) in [7, 11) is 0. The highest BCUT2D eigenvalue weighted by Crippen LogP contribution is 2.22. The van der Waals surface area contributed by atoms with Gasteiger partial charge >= 0.3 is 0 Å². The number of thiazole rings is 1. The summed E-state index contributed by atoms with van der Waals surface area (Å²) in [6.07, 6.45) is 4.10. The second-order valence-corrected chi connectivity index (χ2v) is 7.36. The monoisotopic (exact) mass is 403 g/mol. The molecule has 3 aromatic heterocycles. The number of H-pyrrole nitrogens is 1. The van der Waals surface area contributed by atoms with Crippen LogP contribution in [0.1, 0.15) is 16.3 Å². The molecule has 0 spiro atoms. The van der Waals surface area contributed by atoms with Gasteiger partial charge < -0.3 is 4.98 Å². The van der Waals surface area contributed by atoms with Crippen molar-refractivity contribution in [3.05, 3.63) is 61.1 Å². The fourth-order valence-corrected chi connectivity index (χ4v) is 4.13. The lowest BCUT2D eigenvalue weighted by Crippen LogP contribution is -2.35. The van der Waals surface area contributed by atoms with Crippen molar-refractivity contribution < 1.29 is 0 Å². The van der Waals surface area contributed by atoms with Crippen molar-refractivity contribution in [1.29, 1.82) is 0 Å². The number of nitrogens with zero attached hydrogens (tertiary/aromatic N) is 4. The van der Waals surface area contributed by atoms with Crippen LogP contribution in [0.3, 0.4) is 0 Å². The minimum absolute atomic E-state index is 0.0385. The number of hydrogen-bond acceptors (Lipinski definition) is 6. The van der Waals surface area contributed by atoms with Gasteiger partial charge in [0.1, 0.15) is 15.4 Å². The number of aromatic amines is 1. The molecule has 1 aliphatic heterocycles. The van der Waals surface area contributed by atoms with E-state index in [1.165, 1.54) is 0 Å². The molecule has 0 aliphatic carbocycles. The maximum absolute atomic E-state index is 12.4. The second kappa shape index (κ2) is 6.54. The van der Waals surface area contributed by atoms with Crippen LogP contribution in [0.2, 0.25) is 0 Å². The fraction of sp³-hybridized carbons (Fsp3) is 0.250. The van der Waals surface area contributed by atoms with Crippen LogP contribution in [-0.2, 0) is 19.5 Å². The molecule has 0 amide bonds. The van der Waals surface area contributed by atoms with Gasteiger partial charge in [-0.3, -0.25) is 14.7 Å². The molecule has 4 heterocycles. The van der Waals surface area contributed by atoms with Gasteiger partial charge in [0.15, 0.2) is 0 Å². The van der Waals surface area contributed by atoms with Crippen molar-refractivity contribution in [2.75, 3.05) is 6.54 Å². The normalized spacial score (nSPS) is 14.5. The van der Waals surface area contributed by atoms with Crippen LogP contribution < -0.4 is 5.56 Å². The molecule has 24 heavy (non-hydrogen) atoms. The van der Waals surface area contributed by atoms with Gasteiger partial charge in [0.25, 0.3) is 5.56 Å². The molecule has 1 N–H and O–H groups in total. The van der Waals surface area contributed by atoms with Gasteiger partial charge in [0, 0.05) is 42.0 Å². The molecule has 0 saturated carbocycles. The minimum atomic E-state index is -0.0385. The molecule has 4 rings (SSSR count). The maximum atomic E-state index is 12.4. The van der Waals surface area contributed by atoms with E-state index in [4.69, 9.17) is 4.98 Å². The summed E-state index contributed by atoms with van der Waals surface area (Å²) in [5, 5.41) is 3.04. The minimum Gasteiger partial charge on any atom is -0.306 e. The molecular weight excluding hydrogens is 390 g/mol. The van der Waals surface area contributed by atoms with Crippen LogP contribution in [0, 0.1) is 0 Å². The molecule has 1 aliphatic rings. The largest absolute Gasteiger partial charge is 0.306 e. The number of aromatic nitrogens is 4. The standard InChI is InChI=1S/C16H14BrN5OS/c17-13-9-24-14(20-13)8-22-6-3-11-12(7-22)19-15(21-16(11)23)10-1-4-18-5-2-10/h1-2,4-5,9H,3,6-8H2,(H,19,21,23). The lowest BCUT2D eigenvalue weighted by molar-refractivity contribution is 0.240. The molecule has 122 valence electrons. The van der Waals surface area contributed by atoms with Crippen LogP contribution in [0.4, 0.5) is 0 Å². The zero-order valence-electron chi connectivity index (χ0n) is 12.7. The predicted octanol–water partition coefficient (Wildman–Crippen LogP) is 2.61. The summed E-state index contributed by atoms with van der Waals surface area (Å²) in [5.41, 5.74) is 2.48. The number of rotatable bonds is 3. The van der Waals surface area contributed by atoms with E-state index in [0.29, 0.717) is 18.8 Å². The van der Waals surface area contributed by atoms with Crippen LogP contribution in [0.5, 0.6) is 0 Å². The Balaban J connectivity index is 1.62. The van der Waals surface area contributed by atoms with E-state index >= 15 is 0 Å². The summed E-state index contributed by atoms with van der Waals surface area (Å²) in [6, 6.07) is 3.69. The first-order chi connectivity index (χ1) is 11.7. The smallest absolute Gasteiger partial charge is 0.254 e. The highest BCUT2D eigenvalue weighted by molar-refractivity contribution is 9.10. The van der Waals surface area contributed by atoms with Gasteiger partial charge in [0.05, 0.1) is 12.2 Å². The molecule has 0 fully saturated rings. The third kappa shape index (κ3) is 3.17. The van der Waals surface area contributed by atoms with Gasteiger partial charge in [-0.2, -0.15) is 0 Å². The van der Waals surface area contributed by atoms with Crippen molar-refractivity contribution in [1.82, 2.24) is 24.8 Å². The van der Waals surface area contributed by atoms with Gasteiger partial charge in [-0.1, -0.05) is 0 Å². The Morgan fingerprint density at radius 2 is 2.12 bits per heavy atom. The molecule has 8 heteroatoms. The van der Waals surface area contributed by atoms with E-state index in [0.717, 1.165) is 39.5 Å². The zero-order chi connectivity index (χ0) is 16.5. The third-order valence-electron chi connectivity index (χ3n) is 3.99.